The van der Waals surface area contributed by atoms with Crippen LogP contribution in [0.5, 0.6) is 0 Å². The molecule has 2 heterocycles. The summed E-state index contributed by atoms with van der Waals surface area (Å²) >= 11 is 0. The van der Waals surface area contributed by atoms with Crippen LogP contribution in [-0.2, 0) is 10.0 Å². The van der Waals surface area contributed by atoms with E-state index in [1.165, 1.54) is 25.0 Å². The number of halogens is 1. The fourth-order valence-electron chi connectivity index (χ4n) is 3.18. The van der Waals surface area contributed by atoms with Crippen LogP contribution in [0.4, 0.5) is 10.1 Å². The van der Waals surface area contributed by atoms with Crippen molar-refractivity contribution in [3.63, 3.8) is 0 Å². The van der Waals surface area contributed by atoms with Crippen molar-refractivity contribution in [2.24, 2.45) is 5.14 Å². The lowest BCUT2D eigenvalue weighted by Crippen LogP contribution is -2.43. The Balaban J connectivity index is 1.75. The molecular formula is C13H18FN3O2S. The van der Waals surface area contributed by atoms with Gasteiger partial charge in [-0.1, -0.05) is 0 Å². The molecule has 1 aromatic rings. The van der Waals surface area contributed by atoms with Crippen LogP contribution >= 0.6 is 0 Å². The van der Waals surface area contributed by atoms with E-state index >= 15 is 0 Å². The summed E-state index contributed by atoms with van der Waals surface area (Å²) in [6.45, 7) is 0. The van der Waals surface area contributed by atoms with Gasteiger partial charge in [-0.15, -0.1) is 0 Å². The summed E-state index contributed by atoms with van der Waals surface area (Å²) in [4.78, 5) is -0.203. The Morgan fingerprint density at radius 2 is 1.90 bits per heavy atom. The van der Waals surface area contributed by atoms with E-state index in [-0.39, 0.29) is 10.9 Å². The average Bonchev–Trinajstić information content (AvgIpc) is 2.70. The van der Waals surface area contributed by atoms with Gasteiger partial charge < -0.3 is 10.6 Å². The quantitative estimate of drug-likeness (QED) is 0.782. The molecule has 0 amide bonds. The van der Waals surface area contributed by atoms with Gasteiger partial charge in [0.1, 0.15) is 5.82 Å². The highest BCUT2D eigenvalue weighted by Crippen LogP contribution is 2.29. The van der Waals surface area contributed by atoms with Gasteiger partial charge in [0.2, 0.25) is 10.0 Å². The largest absolute Gasteiger partial charge is 0.380 e. The zero-order valence-corrected chi connectivity index (χ0v) is 11.8. The van der Waals surface area contributed by atoms with E-state index in [9.17, 15) is 12.8 Å². The van der Waals surface area contributed by atoms with Crippen molar-refractivity contribution in [2.75, 3.05) is 5.32 Å². The van der Waals surface area contributed by atoms with Gasteiger partial charge in [0.25, 0.3) is 0 Å². The monoisotopic (exact) mass is 299 g/mol. The summed E-state index contributed by atoms with van der Waals surface area (Å²) in [6, 6.07) is 4.99. The number of primary sulfonamides is 1. The first-order valence-corrected chi connectivity index (χ1v) is 8.31. The van der Waals surface area contributed by atoms with Crippen molar-refractivity contribution >= 4 is 15.7 Å². The second kappa shape index (κ2) is 4.98. The number of nitrogens with two attached hydrogens (primary N) is 1. The number of piperidine rings is 1. The topological polar surface area (TPSA) is 84.2 Å². The Kier molecular flexibility index (Phi) is 3.43. The Morgan fingerprint density at radius 1 is 1.25 bits per heavy atom. The zero-order chi connectivity index (χ0) is 14.3. The van der Waals surface area contributed by atoms with Crippen LogP contribution in [0.1, 0.15) is 25.7 Å². The first-order valence-electron chi connectivity index (χ1n) is 6.77. The standard InChI is InChI=1S/C13H18FN3O2S/c14-12-7-11(20(15,18)19)3-4-13(12)17-10-5-8-1-2-9(6-10)16-8/h3-4,7-10,16-17H,1-2,5-6H2,(H2,15,18,19). The van der Waals surface area contributed by atoms with Gasteiger partial charge in [0, 0.05) is 18.1 Å². The minimum Gasteiger partial charge on any atom is -0.380 e. The van der Waals surface area contributed by atoms with Crippen molar-refractivity contribution in [3.05, 3.63) is 24.0 Å². The molecule has 0 spiro atoms. The van der Waals surface area contributed by atoms with Crippen LogP contribution in [0.3, 0.4) is 0 Å². The third-order valence-corrected chi connectivity index (χ3v) is 5.01. The third kappa shape index (κ3) is 2.79. The van der Waals surface area contributed by atoms with E-state index in [1.807, 2.05) is 0 Å². The molecule has 110 valence electrons. The summed E-state index contributed by atoms with van der Waals surface area (Å²) in [5.41, 5.74) is 0.337. The van der Waals surface area contributed by atoms with E-state index < -0.39 is 15.8 Å². The minimum absolute atomic E-state index is 0.203. The van der Waals surface area contributed by atoms with Crippen LogP contribution in [0.25, 0.3) is 0 Å². The second-order valence-electron chi connectivity index (χ2n) is 5.64. The number of nitrogens with one attached hydrogen (secondary N) is 2. The molecule has 7 heteroatoms. The van der Waals surface area contributed by atoms with E-state index in [2.05, 4.69) is 10.6 Å². The summed E-state index contributed by atoms with van der Waals surface area (Å²) in [5, 5.41) is 11.7. The second-order valence-corrected chi connectivity index (χ2v) is 7.20. The van der Waals surface area contributed by atoms with Crippen LogP contribution in [0.2, 0.25) is 0 Å². The molecule has 2 unspecified atom stereocenters. The number of anilines is 1. The number of sulfonamides is 1. The minimum atomic E-state index is -3.86. The van der Waals surface area contributed by atoms with E-state index in [0.29, 0.717) is 17.8 Å². The fourth-order valence-corrected chi connectivity index (χ4v) is 3.71. The molecule has 2 saturated heterocycles. The predicted molar refractivity (Wildman–Crippen MR) is 74.4 cm³/mol. The molecule has 5 nitrogen and oxygen atoms in total. The number of fused-ring (bicyclic) bond motifs is 2. The molecule has 4 N–H and O–H groups in total. The zero-order valence-electron chi connectivity index (χ0n) is 11.0. The number of hydrogen-bond donors (Lipinski definition) is 3. The molecule has 0 aliphatic carbocycles. The Labute approximate surface area is 117 Å². The van der Waals surface area contributed by atoms with Crippen LogP contribution in [-0.4, -0.2) is 26.5 Å². The molecule has 20 heavy (non-hydrogen) atoms. The lowest BCUT2D eigenvalue weighted by molar-refractivity contribution is 0.377. The van der Waals surface area contributed by atoms with Crippen LogP contribution in [0, 0.1) is 5.82 Å². The number of benzene rings is 1. The van der Waals surface area contributed by atoms with Crippen molar-refractivity contribution in [1.82, 2.24) is 5.32 Å². The van der Waals surface area contributed by atoms with Gasteiger partial charge in [-0.05, 0) is 43.9 Å². The van der Waals surface area contributed by atoms with E-state index in [0.717, 1.165) is 18.9 Å². The van der Waals surface area contributed by atoms with Gasteiger partial charge in [-0.2, -0.15) is 0 Å². The Hall–Kier alpha value is -1.18. The molecule has 2 aliphatic rings. The lowest BCUT2D eigenvalue weighted by atomic mass is 9.99. The maximum absolute atomic E-state index is 13.9. The van der Waals surface area contributed by atoms with Gasteiger partial charge in [-0.3, -0.25) is 0 Å². The third-order valence-electron chi connectivity index (χ3n) is 4.10. The molecule has 0 radical (unpaired) electrons. The maximum Gasteiger partial charge on any atom is 0.238 e. The predicted octanol–water partition coefficient (Wildman–Crippen LogP) is 1.17. The molecule has 2 bridgehead atoms. The molecule has 0 saturated carbocycles. The van der Waals surface area contributed by atoms with Gasteiger partial charge in [0.15, 0.2) is 0 Å². The van der Waals surface area contributed by atoms with Crippen molar-refractivity contribution < 1.29 is 12.8 Å². The molecular weight excluding hydrogens is 281 g/mol. The summed E-state index contributed by atoms with van der Waals surface area (Å²) in [7, 11) is -3.86. The first kappa shape index (κ1) is 13.8. The van der Waals surface area contributed by atoms with Crippen molar-refractivity contribution in [1.29, 1.82) is 0 Å². The number of rotatable bonds is 3. The van der Waals surface area contributed by atoms with E-state index in [4.69, 9.17) is 5.14 Å². The smallest absolute Gasteiger partial charge is 0.238 e. The molecule has 2 aliphatic heterocycles. The number of hydrogen-bond acceptors (Lipinski definition) is 4. The van der Waals surface area contributed by atoms with Gasteiger partial charge in [-0.25, -0.2) is 17.9 Å². The Bertz CT molecular complexity index is 608. The fraction of sp³-hybridized carbons (Fsp3) is 0.538. The first-order chi connectivity index (χ1) is 9.41. The van der Waals surface area contributed by atoms with Gasteiger partial charge in [0.05, 0.1) is 10.6 Å². The highest BCUT2D eigenvalue weighted by molar-refractivity contribution is 7.89. The van der Waals surface area contributed by atoms with Crippen molar-refractivity contribution in [2.45, 2.75) is 48.7 Å². The molecule has 1 aromatic carbocycles. The van der Waals surface area contributed by atoms with E-state index in [1.54, 1.807) is 0 Å². The van der Waals surface area contributed by atoms with Crippen LogP contribution in [0.15, 0.2) is 23.1 Å². The molecule has 0 aromatic heterocycles. The average molecular weight is 299 g/mol. The molecule has 3 rings (SSSR count). The van der Waals surface area contributed by atoms with Gasteiger partial charge >= 0.3 is 0 Å². The maximum atomic E-state index is 13.9. The highest BCUT2D eigenvalue weighted by Gasteiger charge is 2.33. The molecule has 2 atom stereocenters. The normalized spacial score (nSPS) is 29.4. The Morgan fingerprint density at radius 3 is 2.45 bits per heavy atom. The summed E-state index contributed by atoms with van der Waals surface area (Å²) < 4.78 is 36.3. The highest BCUT2D eigenvalue weighted by atomic mass is 32.2. The summed E-state index contributed by atoms with van der Waals surface area (Å²) in [6.07, 6.45) is 4.28. The van der Waals surface area contributed by atoms with Crippen LogP contribution < -0.4 is 15.8 Å². The summed E-state index contributed by atoms with van der Waals surface area (Å²) in [5.74, 6) is -0.581. The lowest BCUT2D eigenvalue weighted by Gasteiger charge is -2.30. The SMILES string of the molecule is NS(=O)(=O)c1ccc(NC2CC3CCC(C2)N3)c(F)c1. The van der Waals surface area contributed by atoms with Crippen molar-refractivity contribution in [3.8, 4) is 0 Å². The molecule has 2 fully saturated rings.